The predicted molar refractivity (Wildman–Crippen MR) is 120 cm³/mol. The predicted octanol–water partition coefficient (Wildman–Crippen LogP) is 5.90. The van der Waals surface area contributed by atoms with Crippen LogP contribution in [0.3, 0.4) is 0 Å². The second kappa shape index (κ2) is 7.02. The summed E-state index contributed by atoms with van der Waals surface area (Å²) in [6.45, 7) is 2.64. The highest BCUT2D eigenvalue weighted by Crippen LogP contribution is 2.36. The van der Waals surface area contributed by atoms with E-state index in [-0.39, 0.29) is 5.56 Å². The van der Waals surface area contributed by atoms with Crippen molar-refractivity contribution in [2.45, 2.75) is 13.5 Å². The Hall–Kier alpha value is -3.72. The van der Waals surface area contributed by atoms with E-state index in [4.69, 9.17) is 4.98 Å². The van der Waals surface area contributed by atoms with Gasteiger partial charge in [-0.15, -0.1) is 0 Å². The quantitative estimate of drug-likeness (QED) is 0.367. The average molecular weight is 376 g/mol. The molecule has 3 heteroatoms. The molecule has 3 aromatic carbocycles. The lowest BCUT2D eigenvalue weighted by Gasteiger charge is -2.15. The molecule has 0 aliphatic rings. The Morgan fingerprint density at radius 2 is 1.48 bits per heavy atom. The zero-order valence-electron chi connectivity index (χ0n) is 16.2. The van der Waals surface area contributed by atoms with Crippen molar-refractivity contribution in [3.63, 3.8) is 0 Å². The molecular formula is C26H20N2O. The first-order chi connectivity index (χ1) is 14.3. The van der Waals surface area contributed by atoms with Crippen LogP contribution in [0.25, 0.3) is 44.2 Å². The molecule has 5 rings (SSSR count). The molecule has 0 saturated heterocycles. The smallest absolute Gasteiger partial charge is 0.251 e. The molecule has 2 aromatic heterocycles. The van der Waals surface area contributed by atoms with E-state index in [0.717, 1.165) is 44.2 Å². The lowest BCUT2D eigenvalue weighted by Crippen LogP contribution is -2.18. The van der Waals surface area contributed by atoms with Crippen molar-refractivity contribution in [1.82, 2.24) is 9.55 Å². The third kappa shape index (κ3) is 2.92. The minimum atomic E-state index is 0.0227. The van der Waals surface area contributed by atoms with Crippen LogP contribution in [0, 0.1) is 0 Å². The number of aromatic nitrogens is 2. The Labute approximate surface area is 168 Å². The molecule has 0 fully saturated rings. The van der Waals surface area contributed by atoms with Gasteiger partial charge >= 0.3 is 0 Å². The van der Waals surface area contributed by atoms with E-state index in [1.807, 2.05) is 54.0 Å². The van der Waals surface area contributed by atoms with Crippen LogP contribution in [-0.4, -0.2) is 9.55 Å². The molecule has 0 radical (unpaired) electrons. The van der Waals surface area contributed by atoms with Crippen LogP contribution in [0.4, 0.5) is 0 Å². The van der Waals surface area contributed by atoms with Crippen molar-refractivity contribution in [2.24, 2.45) is 0 Å². The molecule has 2 heterocycles. The summed E-state index contributed by atoms with van der Waals surface area (Å²) in [6, 6.07) is 30.4. The van der Waals surface area contributed by atoms with Gasteiger partial charge in [-0.25, -0.2) is 4.98 Å². The van der Waals surface area contributed by atoms with Crippen LogP contribution in [0.2, 0.25) is 0 Å². The highest BCUT2D eigenvalue weighted by Gasteiger charge is 2.14. The van der Waals surface area contributed by atoms with Gasteiger partial charge in [-0.1, -0.05) is 60.7 Å². The van der Waals surface area contributed by atoms with E-state index in [0.29, 0.717) is 6.54 Å². The summed E-state index contributed by atoms with van der Waals surface area (Å²) in [6.07, 6.45) is 0. The van der Waals surface area contributed by atoms with Crippen LogP contribution < -0.4 is 5.56 Å². The molecule has 0 aliphatic carbocycles. The molecule has 0 unspecified atom stereocenters. The van der Waals surface area contributed by atoms with Gasteiger partial charge in [-0.2, -0.15) is 0 Å². The summed E-state index contributed by atoms with van der Waals surface area (Å²) < 4.78 is 1.81. The molecule has 0 amide bonds. The van der Waals surface area contributed by atoms with Crippen molar-refractivity contribution < 1.29 is 0 Å². The van der Waals surface area contributed by atoms with Gasteiger partial charge in [0.15, 0.2) is 0 Å². The van der Waals surface area contributed by atoms with Gasteiger partial charge in [0.25, 0.3) is 5.56 Å². The first-order valence-corrected chi connectivity index (χ1v) is 9.84. The van der Waals surface area contributed by atoms with Gasteiger partial charge in [-0.05, 0) is 42.3 Å². The Morgan fingerprint density at radius 3 is 2.17 bits per heavy atom. The van der Waals surface area contributed by atoms with E-state index in [9.17, 15) is 4.79 Å². The maximum Gasteiger partial charge on any atom is 0.251 e. The lowest BCUT2D eigenvalue weighted by atomic mass is 9.95. The number of hydrogen-bond acceptors (Lipinski definition) is 2. The largest absolute Gasteiger partial charge is 0.309 e. The van der Waals surface area contributed by atoms with Crippen molar-refractivity contribution in [3.05, 3.63) is 101 Å². The topological polar surface area (TPSA) is 34.9 Å². The zero-order chi connectivity index (χ0) is 19.8. The fraction of sp³-hybridized carbons (Fsp3) is 0.0769. The van der Waals surface area contributed by atoms with Gasteiger partial charge in [0, 0.05) is 28.9 Å². The number of aryl methyl sites for hydroxylation is 1. The fourth-order valence-electron chi connectivity index (χ4n) is 4.04. The van der Waals surface area contributed by atoms with Crippen LogP contribution in [0.1, 0.15) is 6.92 Å². The van der Waals surface area contributed by atoms with Gasteiger partial charge in [0.05, 0.1) is 16.7 Å². The number of nitrogens with zero attached hydrogens (tertiary/aromatic N) is 2. The minimum absolute atomic E-state index is 0.0227. The van der Waals surface area contributed by atoms with Crippen LogP contribution in [0.5, 0.6) is 0 Å². The van der Waals surface area contributed by atoms with Crippen molar-refractivity contribution in [2.75, 3.05) is 0 Å². The molecule has 0 saturated carbocycles. The summed E-state index contributed by atoms with van der Waals surface area (Å²) >= 11 is 0. The Bertz CT molecular complexity index is 1390. The highest BCUT2D eigenvalue weighted by atomic mass is 16.1. The number of pyridine rings is 2. The zero-order valence-corrected chi connectivity index (χ0v) is 16.2. The average Bonchev–Trinajstić information content (AvgIpc) is 2.79. The van der Waals surface area contributed by atoms with Crippen LogP contribution in [-0.2, 0) is 6.54 Å². The van der Waals surface area contributed by atoms with Crippen molar-refractivity contribution >= 4 is 21.8 Å². The maximum absolute atomic E-state index is 12.3. The second-order valence-electron chi connectivity index (χ2n) is 7.10. The summed E-state index contributed by atoms with van der Waals surface area (Å²) in [5.74, 6) is 0. The maximum atomic E-state index is 12.3. The van der Waals surface area contributed by atoms with Crippen molar-refractivity contribution in [1.29, 1.82) is 0 Å². The number of benzene rings is 3. The Morgan fingerprint density at radius 1 is 0.793 bits per heavy atom. The molecule has 0 aliphatic heterocycles. The normalized spacial score (nSPS) is 11.2. The summed E-state index contributed by atoms with van der Waals surface area (Å²) in [5, 5.41) is 2.13. The van der Waals surface area contributed by atoms with Crippen LogP contribution in [0.15, 0.2) is 95.8 Å². The summed E-state index contributed by atoms with van der Waals surface area (Å²) in [4.78, 5) is 17.3. The van der Waals surface area contributed by atoms with E-state index >= 15 is 0 Å². The van der Waals surface area contributed by atoms with Gasteiger partial charge in [0.1, 0.15) is 0 Å². The lowest BCUT2D eigenvalue weighted by molar-refractivity contribution is 0.760. The molecule has 0 bridgehead atoms. The summed E-state index contributed by atoms with van der Waals surface area (Å²) in [5.41, 5.74) is 6.19. The fourth-order valence-corrected chi connectivity index (χ4v) is 4.04. The monoisotopic (exact) mass is 376 g/mol. The summed E-state index contributed by atoms with van der Waals surface area (Å²) in [7, 11) is 0. The molecule has 140 valence electrons. The van der Waals surface area contributed by atoms with Crippen molar-refractivity contribution in [3.8, 4) is 22.4 Å². The SMILES string of the molecule is CCn1c(=O)ccc2c3c(-c4ccccc4)cc(-c4ccccc4)nc3ccc21. The minimum Gasteiger partial charge on any atom is -0.309 e. The first kappa shape index (κ1) is 17.4. The third-order valence-corrected chi connectivity index (χ3v) is 5.41. The molecule has 0 atom stereocenters. The number of rotatable bonds is 3. The molecule has 29 heavy (non-hydrogen) atoms. The van der Waals surface area contributed by atoms with E-state index in [2.05, 4.69) is 42.5 Å². The Balaban J connectivity index is 1.93. The van der Waals surface area contributed by atoms with Gasteiger partial charge in [0.2, 0.25) is 0 Å². The van der Waals surface area contributed by atoms with Gasteiger partial charge in [-0.3, -0.25) is 4.79 Å². The first-order valence-electron chi connectivity index (χ1n) is 9.84. The molecule has 5 aromatic rings. The number of fused-ring (bicyclic) bond motifs is 3. The van der Waals surface area contributed by atoms with E-state index in [1.54, 1.807) is 6.07 Å². The molecule has 0 N–H and O–H groups in total. The van der Waals surface area contributed by atoms with E-state index < -0.39 is 0 Å². The molecule has 3 nitrogen and oxygen atoms in total. The third-order valence-electron chi connectivity index (χ3n) is 5.41. The van der Waals surface area contributed by atoms with E-state index in [1.165, 1.54) is 0 Å². The van der Waals surface area contributed by atoms with Crippen LogP contribution >= 0.6 is 0 Å². The molecule has 0 spiro atoms. The van der Waals surface area contributed by atoms with Gasteiger partial charge < -0.3 is 4.57 Å². The standard InChI is InChI=1S/C26H20N2O/c1-2-28-24-15-14-22-26(20(24)13-16-25(28)29)21(18-9-5-3-6-10-18)17-23(27-22)19-11-7-4-8-12-19/h3-17H,2H2,1H3. The molecular weight excluding hydrogens is 356 g/mol. The number of hydrogen-bond donors (Lipinski definition) is 0. The Kier molecular flexibility index (Phi) is 4.21. The second-order valence-corrected chi connectivity index (χ2v) is 7.10. The highest BCUT2D eigenvalue weighted by molar-refractivity contribution is 6.13.